The highest BCUT2D eigenvalue weighted by molar-refractivity contribution is 6.00. The molecule has 4 amide bonds. The number of anilines is 2. The Hall–Kier alpha value is -4.01. The molecule has 0 radical (unpaired) electrons. The minimum Gasteiger partial charge on any atom is -0.497 e. The summed E-state index contributed by atoms with van der Waals surface area (Å²) in [6.07, 6.45) is 0.742. The average molecular weight is 495 g/mol. The minimum atomic E-state index is -0.714. The molecule has 1 aliphatic heterocycles. The summed E-state index contributed by atoms with van der Waals surface area (Å²) in [6, 6.07) is 12.6. The van der Waals surface area contributed by atoms with Crippen molar-refractivity contribution in [3.63, 3.8) is 0 Å². The molecule has 9 nitrogen and oxygen atoms in total. The first-order valence-corrected chi connectivity index (χ1v) is 12.0. The smallest absolute Gasteiger partial charge is 0.338 e. The van der Waals surface area contributed by atoms with Crippen LogP contribution in [0, 0.1) is 5.92 Å². The Balaban J connectivity index is 1.85. The third-order valence-electron chi connectivity index (χ3n) is 5.62. The lowest BCUT2D eigenvalue weighted by atomic mass is 9.94. The van der Waals surface area contributed by atoms with E-state index in [9.17, 15) is 14.4 Å². The van der Waals surface area contributed by atoms with Crippen LogP contribution >= 0.6 is 0 Å². The van der Waals surface area contributed by atoms with Crippen LogP contribution in [0.4, 0.5) is 21.0 Å². The SMILES string of the molecule is CCCN1C(=O)NC(c2cccc(NC(=O)Nc3cccc(OC)c3)c2)C(C(=O)OCC(C)C)=C1C. The highest BCUT2D eigenvalue weighted by Crippen LogP contribution is 2.32. The number of esters is 1. The summed E-state index contributed by atoms with van der Waals surface area (Å²) >= 11 is 0. The summed E-state index contributed by atoms with van der Waals surface area (Å²) in [5.41, 5.74) is 2.67. The molecule has 2 aromatic rings. The van der Waals surface area contributed by atoms with E-state index in [1.54, 1.807) is 67.5 Å². The Bertz CT molecular complexity index is 1140. The quantitative estimate of drug-likeness (QED) is 0.411. The molecule has 0 aliphatic carbocycles. The van der Waals surface area contributed by atoms with Gasteiger partial charge < -0.3 is 25.4 Å². The first-order chi connectivity index (χ1) is 17.2. The van der Waals surface area contributed by atoms with Crippen LogP contribution in [-0.4, -0.2) is 43.2 Å². The van der Waals surface area contributed by atoms with Crippen LogP contribution in [-0.2, 0) is 9.53 Å². The van der Waals surface area contributed by atoms with Crippen LogP contribution in [0.25, 0.3) is 0 Å². The van der Waals surface area contributed by atoms with E-state index in [4.69, 9.17) is 9.47 Å². The molecule has 0 saturated heterocycles. The molecular weight excluding hydrogens is 460 g/mol. The molecular formula is C27H34N4O5. The van der Waals surface area contributed by atoms with Gasteiger partial charge in [0.15, 0.2) is 0 Å². The second-order valence-corrected chi connectivity index (χ2v) is 8.96. The lowest BCUT2D eigenvalue weighted by Gasteiger charge is -2.35. The molecule has 36 heavy (non-hydrogen) atoms. The van der Waals surface area contributed by atoms with Gasteiger partial charge in [0.1, 0.15) is 5.75 Å². The van der Waals surface area contributed by atoms with Crippen LogP contribution < -0.4 is 20.7 Å². The largest absolute Gasteiger partial charge is 0.497 e. The fourth-order valence-corrected chi connectivity index (χ4v) is 3.90. The molecule has 0 aromatic heterocycles. The van der Waals surface area contributed by atoms with E-state index in [1.807, 2.05) is 20.8 Å². The molecule has 1 heterocycles. The molecule has 192 valence electrons. The van der Waals surface area contributed by atoms with E-state index in [1.165, 1.54) is 0 Å². The zero-order valence-electron chi connectivity index (χ0n) is 21.4. The van der Waals surface area contributed by atoms with Gasteiger partial charge in [0.05, 0.1) is 25.3 Å². The van der Waals surface area contributed by atoms with Gasteiger partial charge in [0.2, 0.25) is 0 Å². The molecule has 2 aromatic carbocycles. The third kappa shape index (κ3) is 6.56. The van der Waals surface area contributed by atoms with Crippen LogP contribution in [0.1, 0.15) is 45.7 Å². The molecule has 0 spiro atoms. The van der Waals surface area contributed by atoms with E-state index in [2.05, 4.69) is 16.0 Å². The fourth-order valence-electron chi connectivity index (χ4n) is 3.90. The fraction of sp³-hybridized carbons (Fsp3) is 0.370. The van der Waals surface area contributed by atoms with Gasteiger partial charge in [0, 0.05) is 29.7 Å². The Morgan fingerprint density at radius 2 is 1.75 bits per heavy atom. The summed E-state index contributed by atoms with van der Waals surface area (Å²) < 4.78 is 10.7. The van der Waals surface area contributed by atoms with E-state index in [-0.39, 0.29) is 18.6 Å². The molecule has 0 fully saturated rings. The number of nitrogens with one attached hydrogen (secondary N) is 3. The maximum atomic E-state index is 13.1. The second kappa shape index (κ2) is 12.1. The van der Waals surface area contributed by atoms with Gasteiger partial charge in [-0.2, -0.15) is 0 Å². The minimum absolute atomic E-state index is 0.175. The average Bonchev–Trinajstić information content (AvgIpc) is 2.85. The summed E-state index contributed by atoms with van der Waals surface area (Å²) in [6.45, 7) is 8.41. The van der Waals surface area contributed by atoms with Crippen molar-refractivity contribution in [2.45, 2.75) is 40.2 Å². The Morgan fingerprint density at radius 1 is 1.08 bits per heavy atom. The predicted octanol–water partition coefficient (Wildman–Crippen LogP) is 5.29. The molecule has 1 aliphatic rings. The number of allylic oxidation sites excluding steroid dienone is 1. The van der Waals surface area contributed by atoms with E-state index in [0.29, 0.717) is 40.5 Å². The van der Waals surface area contributed by atoms with Gasteiger partial charge in [-0.05, 0) is 49.1 Å². The van der Waals surface area contributed by atoms with E-state index < -0.39 is 18.0 Å². The second-order valence-electron chi connectivity index (χ2n) is 8.96. The van der Waals surface area contributed by atoms with Gasteiger partial charge in [-0.3, -0.25) is 4.90 Å². The number of carbonyl (C=O) groups excluding carboxylic acids is 3. The van der Waals surface area contributed by atoms with Crippen molar-refractivity contribution >= 4 is 29.4 Å². The summed E-state index contributed by atoms with van der Waals surface area (Å²) in [5, 5.41) is 8.49. The van der Waals surface area contributed by atoms with Gasteiger partial charge >= 0.3 is 18.0 Å². The molecule has 0 bridgehead atoms. The van der Waals surface area contributed by atoms with Crippen LogP contribution in [0.5, 0.6) is 5.75 Å². The standard InChI is InChI=1S/C27H34N4O5/c1-6-13-31-18(4)23(25(32)36-16-17(2)3)24(30-27(31)34)19-9-7-10-20(14-19)28-26(33)29-21-11-8-12-22(15-21)35-5/h7-12,14-15,17,24H,6,13,16H2,1-5H3,(H,30,34)(H2,28,29,33). The number of nitrogens with zero attached hydrogens (tertiary/aromatic N) is 1. The van der Waals surface area contributed by atoms with Gasteiger partial charge in [-0.1, -0.05) is 39.0 Å². The summed E-state index contributed by atoms with van der Waals surface area (Å²) in [5.74, 6) is 0.328. The summed E-state index contributed by atoms with van der Waals surface area (Å²) in [4.78, 5) is 40.1. The number of hydrogen-bond acceptors (Lipinski definition) is 5. The Kier molecular flexibility index (Phi) is 8.94. The van der Waals surface area contributed by atoms with Crippen LogP contribution in [0.2, 0.25) is 0 Å². The molecule has 3 rings (SSSR count). The van der Waals surface area contributed by atoms with Crippen molar-refractivity contribution in [3.05, 3.63) is 65.4 Å². The number of methoxy groups -OCH3 is 1. The number of benzene rings is 2. The maximum Gasteiger partial charge on any atom is 0.338 e. The molecule has 1 atom stereocenters. The molecule has 3 N–H and O–H groups in total. The number of rotatable bonds is 9. The van der Waals surface area contributed by atoms with Crippen molar-refractivity contribution in [2.24, 2.45) is 5.92 Å². The highest BCUT2D eigenvalue weighted by atomic mass is 16.5. The van der Waals surface area contributed by atoms with Gasteiger partial charge in [-0.15, -0.1) is 0 Å². The zero-order chi connectivity index (χ0) is 26.2. The topological polar surface area (TPSA) is 109 Å². The first-order valence-electron chi connectivity index (χ1n) is 12.0. The molecule has 9 heteroatoms. The number of amides is 4. The van der Waals surface area contributed by atoms with E-state index in [0.717, 1.165) is 6.42 Å². The highest BCUT2D eigenvalue weighted by Gasteiger charge is 2.36. The van der Waals surface area contributed by atoms with Crippen molar-refractivity contribution in [1.82, 2.24) is 10.2 Å². The van der Waals surface area contributed by atoms with Crippen LogP contribution in [0.3, 0.4) is 0 Å². The predicted molar refractivity (Wildman–Crippen MR) is 139 cm³/mol. The number of carbonyl (C=O) groups is 3. The summed E-state index contributed by atoms with van der Waals surface area (Å²) in [7, 11) is 1.55. The van der Waals surface area contributed by atoms with Gasteiger partial charge in [-0.25, -0.2) is 14.4 Å². The van der Waals surface area contributed by atoms with Crippen molar-refractivity contribution in [2.75, 3.05) is 30.9 Å². The molecule has 1 unspecified atom stereocenters. The zero-order valence-corrected chi connectivity index (χ0v) is 21.4. The maximum absolute atomic E-state index is 13.1. The van der Waals surface area contributed by atoms with Crippen LogP contribution in [0.15, 0.2) is 59.8 Å². The lowest BCUT2D eigenvalue weighted by Crippen LogP contribution is -2.48. The number of ether oxygens (including phenoxy) is 2. The van der Waals surface area contributed by atoms with Crippen molar-refractivity contribution in [3.8, 4) is 5.75 Å². The van der Waals surface area contributed by atoms with Crippen molar-refractivity contribution < 1.29 is 23.9 Å². The van der Waals surface area contributed by atoms with E-state index >= 15 is 0 Å². The monoisotopic (exact) mass is 494 g/mol. The Morgan fingerprint density at radius 3 is 2.39 bits per heavy atom. The Labute approximate surface area is 211 Å². The van der Waals surface area contributed by atoms with Gasteiger partial charge in [0.25, 0.3) is 0 Å². The lowest BCUT2D eigenvalue weighted by molar-refractivity contribution is -0.140. The van der Waals surface area contributed by atoms with Crippen molar-refractivity contribution in [1.29, 1.82) is 0 Å². The first kappa shape index (κ1) is 26.6. The third-order valence-corrected chi connectivity index (χ3v) is 5.62. The normalized spacial score (nSPS) is 15.4. The number of hydrogen-bond donors (Lipinski definition) is 3. The molecule has 0 saturated carbocycles. The number of urea groups is 2.